The lowest BCUT2D eigenvalue weighted by Crippen LogP contribution is -2.04. The fraction of sp³-hybridized carbons (Fsp3) is 0.118. The van der Waals surface area contributed by atoms with E-state index in [1.807, 2.05) is 13.0 Å². The molecule has 0 aliphatic rings. The van der Waals surface area contributed by atoms with Crippen molar-refractivity contribution in [2.75, 3.05) is 0 Å². The molecule has 4 nitrogen and oxygen atoms in total. The standard InChI is InChI=1S/C17H11F3N4/c1-10-5-12(11-3-2-4-14(8-11)17(18,19)20)7-13(6-10)16-15(9-21)22-24-23-16/h2-8H,1H3,(H,22,23,24). The number of rotatable bonds is 2. The first-order chi connectivity index (χ1) is 11.4. The zero-order valence-corrected chi connectivity index (χ0v) is 12.5. The van der Waals surface area contributed by atoms with Crippen molar-refractivity contribution < 1.29 is 13.2 Å². The second kappa shape index (κ2) is 5.81. The van der Waals surface area contributed by atoms with Gasteiger partial charge in [-0.1, -0.05) is 23.4 Å². The van der Waals surface area contributed by atoms with Gasteiger partial charge in [-0.25, -0.2) is 5.10 Å². The highest BCUT2D eigenvalue weighted by Crippen LogP contribution is 2.33. The molecule has 0 saturated carbocycles. The van der Waals surface area contributed by atoms with Crippen molar-refractivity contribution in [2.24, 2.45) is 0 Å². The molecule has 0 aliphatic carbocycles. The number of nitrogens with zero attached hydrogens (tertiary/aromatic N) is 3. The number of aromatic nitrogens is 3. The second-order valence-corrected chi connectivity index (χ2v) is 5.31. The van der Waals surface area contributed by atoms with Crippen molar-refractivity contribution in [1.82, 2.24) is 15.4 Å². The zero-order valence-electron chi connectivity index (χ0n) is 12.5. The van der Waals surface area contributed by atoms with Gasteiger partial charge < -0.3 is 0 Å². The highest BCUT2D eigenvalue weighted by atomic mass is 19.4. The lowest BCUT2D eigenvalue weighted by Gasteiger charge is -2.10. The topological polar surface area (TPSA) is 65.4 Å². The van der Waals surface area contributed by atoms with Gasteiger partial charge in [0.25, 0.3) is 0 Å². The molecule has 24 heavy (non-hydrogen) atoms. The molecule has 1 N–H and O–H groups in total. The van der Waals surface area contributed by atoms with Gasteiger partial charge in [0.15, 0.2) is 5.69 Å². The molecule has 0 spiro atoms. The Balaban J connectivity index is 2.12. The average molecular weight is 328 g/mol. The molecular formula is C17H11F3N4. The zero-order chi connectivity index (χ0) is 17.3. The van der Waals surface area contributed by atoms with Crippen LogP contribution in [0.2, 0.25) is 0 Å². The summed E-state index contributed by atoms with van der Waals surface area (Å²) in [7, 11) is 0. The number of aromatic amines is 1. The maximum absolute atomic E-state index is 12.9. The molecule has 7 heteroatoms. The van der Waals surface area contributed by atoms with E-state index in [4.69, 9.17) is 5.26 Å². The van der Waals surface area contributed by atoms with E-state index in [-0.39, 0.29) is 5.69 Å². The molecule has 1 heterocycles. The van der Waals surface area contributed by atoms with Gasteiger partial charge in [-0.15, -0.1) is 5.10 Å². The predicted octanol–water partition coefficient (Wildman–Crippen LogP) is 4.34. The number of nitriles is 1. The van der Waals surface area contributed by atoms with Crippen LogP contribution in [-0.2, 0) is 6.18 Å². The molecule has 0 amide bonds. The number of H-pyrrole nitrogens is 1. The van der Waals surface area contributed by atoms with Crippen LogP contribution in [0.15, 0.2) is 42.5 Å². The van der Waals surface area contributed by atoms with Crippen LogP contribution in [0.5, 0.6) is 0 Å². The summed E-state index contributed by atoms with van der Waals surface area (Å²) in [5.74, 6) is 0. The third kappa shape index (κ3) is 2.99. The molecule has 120 valence electrons. The first kappa shape index (κ1) is 15.7. The number of benzene rings is 2. The first-order valence-corrected chi connectivity index (χ1v) is 6.99. The predicted molar refractivity (Wildman–Crippen MR) is 81.7 cm³/mol. The molecule has 3 rings (SSSR count). The molecule has 0 fully saturated rings. The Morgan fingerprint density at radius 2 is 1.79 bits per heavy atom. The van der Waals surface area contributed by atoms with Gasteiger partial charge in [-0.05, 0) is 47.9 Å². The summed E-state index contributed by atoms with van der Waals surface area (Å²) in [6.45, 7) is 1.83. The van der Waals surface area contributed by atoms with Gasteiger partial charge >= 0.3 is 6.18 Å². The summed E-state index contributed by atoms with van der Waals surface area (Å²) in [6, 6.07) is 12.4. The molecular weight excluding hydrogens is 317 g/mol. The van der Waals surface area contributed by atoms with Crippen LogP contribution in [0.4, 0.5) is 13.2 Å². The average Bonchev–Trinajstić information content (AvgIpc) is 3.02. The molecule has 2 aromatic carbocycles. The third-order valence-electron chi connectivity index (χ3n) is 3.53. The Morgan fingerprint density at radius 1 is 1.04 bits per heavy atom. The second-order valence-electron chi connectivity index (χ2n) is 5.31. The van der Waals surface area contributed by atoms with Crippen molar-refractivity contribution in [3.05, 3.63) is 59.3 Å². The molecule has 0 atom stereocenters. The Morgan fingerprint density at radius 3 is 2.50 bits per heavy atom. The van der Waals surface area contributed by atoms with Crippen molar-refractivity contribution in [1.29, 1.82) is 5.26 Å². The van der Waals surface area contributed by atoms with Crippen LogP contribution in [0.1, 0.15) is 16.8 Å². The summed E-state index contributed by atoms with van der Waals surface area (Å²) in [5.41, 5.74) is 2.38. The van der Waals surface area contributed by atoms with Crippen molar-refractivity contribution in [3.63, 3.8) is 0 Å². The van der Waals surface area contributed by atoms with Gasteiger partial charge in [0, 0.05) is 5.56 Å². The summed E-state index contributed by atoms with van der Waals surface area (Å²) in [4.78, 5) is 0. The van der Waals surface area contributed by atoms with Crippen LogP contribution >= 0.6 is 0 Å². The summed E-state index contributed by atoms with van der Waals surface area (Å²) < 4.78 is 38.7. The van der Waals surface area contributed by atoms with E-state index in [1.165, 1.54) is 6.07 Å². The van der Waals surface area contributed by atoms with Gasteiger partial charge in [-0.2, -0.15) is 18.4 Å². The van der Waals surface area contributed by atoms with E-state index in [0.717, 1.165) is 17.7 Å². The number of hydrogen-bond donors (Lipinski definition) is 1. The number of alkyl halides is 3. The Kier molecular flexibility index (Phi) is 3.81. The van der Waals surface area contributed by atoms with Crippen molar-refractivity contribution >= 4 is 0 Å². The van der Waals surface area contributed by atoms with Crippen molar-refractivity contribution in [3.8, 4) is 28.5 Å². The fourth-order valence-corrected chi connectivity index (χ4v) is 2.47. The Labute approximate surface area is 135 Å². The molecule has 0 aliphatic heterocycles. The number of aryl methyl sites for hydroxylation is 1. The first-order valence-electron chi connectivity index (χ1n) is 6.99. The maximum atomic E-state index is 12.9. The highest BCUT2D eigenvalue weighted by Gasteiger charge is 2.30. The number of hydrogen-bond acceptors (Lipinski definition) is 3. The minimum absolute atomic E-state index is 0.204. The van der Waals surface area contributed by atoms with E-state index in [2.05, 4.69) is 15.4 Å². The highest BCUT2D eigenvalue weighted by molar-refractivity contribution is 5.74. The van der Waals surface area contributed by atoms with Crippen LogP contribution in [-0.4, -0.2) is 15.4 Å². The molecule has 0 radical (unpaired) electrons. The Hall–Kier alpha value is -3.14. The van der Waals surface area contributed by atoms with E-state index in [9.17, 15) is 13.2 Å². The molecule has 0 bridgehead atoms. The van der Waals surface area contributed by atoms with Gasteiger partial charge in [0.2, 0.25) is 0 Å². The summed E-state index contributed by atoms with van der Waals surface area (Å²) in [6.07, 6.45) is -4.40. The minimum atomic E-state index is -4.40. The fourth-order valence-electron chi connectivity index (χ4n) is 2.47. The van der Waals surface area contributed by atoms with Crippen LogP contribution < -0.4 is 0 Å². The normalized spacial score (nSPS) is 11.3. The molecule has 1 aromatic heterocycles. The van der Waals surface area contributed by atoms with Gasteiger partial charge in [0.1, 0.15) is 11.8 Å². The van der Waals surface area contributed by atoms with Gasteiger partial charge in [-0.3, -0.25) is 0 Å². The van der Waals surface area contributed by atoms with E-state index in [1.54, 1.807) is 24.3 Å². The smallest absolute Gasteiger partial charge is 0.247 e. The molecule has 0 unspecified atom stereocenters. The van der Waals surface area contributed by atoms with E-state index in [0.29, 0.717) is 22.4 Å². The molecule has 3 aromatic rings. The number of nitrogens with one attached hydrogen (secondary N) is 1. The quantitative estimate of drug-likeness (QED) is 0.761. The maximum Gasteiger partial charge on any atom is 0.416 e. The number of halogens is 3. The SMILES string of the molecule is Cc1cc(-c2cccc(C(F)(F)F)c2)cc(-c2nn[nH]c2C#N)c1. The van der Waals surface area contributed by atoms with E-state index < -0.39 is 11.7 Å². The molecule has 0 saturated heterocycles. The lowest BCUT2D eigenvalue weighted by atomic mass is 9.97. The lowest BCUT2D eigenvalue weighted by molar-refractivity contribution is -0.137. The van der Waals surface area contributed by atoms with Crippen LogP contribution in [0, 0.1) is 18.3 Å². The monoisotopic (exact) mass is 328 g/mol. The van der Waals surface area contributed by atoms with Crippen LogP contribution in [0.3, 0.4) is 0 Å². The minimum Gasteiger partial charge on any atom is -0.247 e. The largest absolute Gasteiger partial charge is 0.416 e. The summed E-state index contributed by atoms with van der Waals surface area (Å²) >= 11 is 0. The van der Waals surface area contributed by atoms with Crippen LogP contribution in [0.25, 0.3) is 22.4 Å². The van der Waals surface area contributed by atoms with Crippen molar-refractivity contribution in [2.45, 2.75) is 13.1 Å². The van der Waals surface area contributed by atoms with E-state index >= 15 is 0 Å². The summed E-state index contributed by atoms with van der Waals surface area (Å²) in [5, 5.41) is 19.0. The third-order valence-corrected chi connectivity index (χ3v) is 3.53. The Bertz CT molecular complexity index is 935. The van der Waals surface area contributed by atoms with Gasteiger partial charge in [0.05, 0.1) is 5.56 Å².